The molecular formula is C14H12N4O. The Hall–Kier alpha value is -2.82. The molecule has 0 saturated carbocycles. The molecule has 0 saturated heterocycles. The van der Waals surface area contributed by atoms with Gasteiger partial charge in [0.15, 0.2) is 0 Å². The molecule has 0 atom stereocenters. The number of primary amides is 1. The van der Waals surface area contributed by atoms with E-state index in [2.05, 4.69) is 5.10 Å². The number of fused-ring (bicyclic) bond motifs is 1. The van der Waals surface area contributed by atoms with Gasteiger partial charge >= 0.3 is 0 Å². The van der Waals surface area contributed by atoms with Gasteiger partial charge in [0.25, 0.3) is 0 Å². The fourth-order valence-electron chi connectivity index (χ4n) is 2.04. The van der Waals surface area contributed by atoms with Crippen LogP contribution in [0.5, 0.6) is 0 Å². The highest BCUT2D eigenvalue weighted by molar-refractivity contribution is 5.94. The molecule has 2 aromatic carbocycles. The van der Waals surface area contributed by atoms with Crippen LogP contribution in [0, 0.1) is 0 Å². The predicted octanol–water partition coefficient (Wildman–Crippen LogP) is 1.71. The number of para-hydroxylation sites is 1. The van der Waals surface area contributed by atoms with Gasteiger partial charge < -0.3 is 11.5 Å². The van der Waals surface area contributed by atoms with E-state index in [4.69, 9.17) is 11.5 Å². The SMILES string of the molecule is NC(=O)c1ccc(N)c(-n2ncc3ccccc32)c1. The molecule has 0 aliphatic heterocycles. The number of rotatable bonds is 2. The standard InChI is InChI=1S/C14H12N4O/c15-11-6-5-9(14(16)19)7-13(11)18-12-4-2-1-3-10(12)8-17-18/h1-8H,15H2,(H2,16,19). The van der Waals surface area contributed by atoms with Gasteiger partial charge in [0, 0.05) is 10.9 Å². The van der Waals surface area contributed by atoms with E-state index >= 15 is 0 Å². The van der Waals surface area contributed by atoms with Crippen molar-refractivity contribution < 1.29 is 4.79 Å². The zero-order valence-corrected chi connectivity index (χ0v) is 10.1. The number of aromatic nitrogens is 2. The van der Waals surface area contributed by atoms with Crippen LogP contribution in [-0.4, -0.2) is 15.7 Å². The van der Waals surface area contributed by atoms with E-state index in [1.807, 2.05) is 24.3 Å². The first kappa shape index (κ1) is 11.3. The molecule has 1 heterocycles. The van der Waals surface area contributed by atoms with Crippen LogP contribution in [0.3, 0.4) is 0 Å². The predicted molar refractivity (Wildman–Crippen MR) is 74.0 cm³/mol. The van der Waals surface area contributed by atoms with Crippen molar-refractivity contribution in [3.05, 3.63) is 54.2 Å². The number of hydrogen-bond donors (Lipinski definition) is 2. The topological polar surface area (TPSA) is 86.9 Å². The average molecular weight is 252 g/mol. The summed E-state index contributed by atoms with van der Waals surface area (Å²) in [6.07, 6.45) is 1.76. The Balaban J connectivity index is 2.26. The zero-order valence-electron chi connectivity index (χ0n) is 10.1. The molecule has 0 aliphatic rings. The van der Waals surface area contributed by atoms with E-state index in [0.717, 1.165) is 10.9 Å². The number of nitrogen functional groups attached to an aromatic ring is 1. The van der Waals surface area contributed by atoms with Crippen molar-refractivity contribution in [2.45, 2.75) is 0 Å². The molecule has 1 aromatic heterocycles. The smallest absolute Gasteiger partial charge is 0.248 e. The maximum absolute atomic E-state index is 11.2. The summed E-state index contributed by atoms with van der Waals surface area (Å²) in [5.74, 6) is -0.488. The number of carbonyl (C=O) groups is 1. The van der Waals surface area contributed by atoms with Gasteiger partial charge in [0.05, 0.1) is 23.1 Å². The Morgan fingerprint density at radius 2 is 1.95 bits per heavy atom. The van der Waals surface area contributed by atoms with Crippen molar-refractivity contribution in [1.82, 2.24) is 9.78 Å². The molecule has 19 heavy (non-hydrogen) atoms. The Labute approximate surface area is 109 Å². The van der Waals surface area contributed by atoms with Crippen LogP contribution in [0.15, 0.2) is 48.7 Å². The lowest BCUT2D eigenvalue weighted by atomic mass is 10.1. The number of hydrogen-bond acceptors (Lipinski definition) is 3. The third-order valence-corrected chi connectivity index (χ3v) is 3.02. The van der Waals surface area contributed by atoms with E-state index in [0.29, 0.717) is 16.9 Å². The van der Waals surface area contributed by atoms with Crippen molar-refractivity contribution in [3.8, 4) is 5.69 Å². The van der Waals surface area contributed by atoms with Gasteiger partial charge in [-0.15, -0.1) is 0 Å². The van der Waals surface area contributed by atoms with E-state index in [1.54, 1.807) is 29.1 Å². The average Bonchev–Trinajstić information content (AvgIpc) is 2.83. The molecule has 0 unspecified atom stereocenters. The molecule has 0 fully saturated rings. The summed E-state index contributed by atoms with van der Waals surface area (Å²) < 4.78 is 1.71. The molecule has 3 aromatic rings. The zero-order chi connectivity index (χ0) is 13.4. The van der Waals surface area contributed by atoms with Crippen molar-refractivity contribution in [2.75, 3.05) is 5.73 Å². The highest BCUT2D eigenvalue weighted by Gasteiger charge is 2.10. The maximum Gasteiger partial charge on any atom is 0.248 e. The lowest BCUT2D eigenvalue weighted by Crippen LogP contribution is -2.12. The van der Waals surface area contributed by atoms with Crippen LogP contribution in [0.4, 0.5) is 5.69 Å². The lowest BCUT2D eigenvalue weighted by Gasteiger charge is -2.08. The molecule has 0 radical (unpaired) electrons. The minimum atomic E-state index is -0.488. The third-order valence-electron chi connectivity index (χ3n) is 3.02. The largest absolute Gasteiger partial charge is 0.397 e. The van der Waals surface area contributed by atoms with E-state index in [9.17, 15) is 4.79 Å². The summed E-state index contributed by atoms with van der Waals surface area (Å²) in [6, 6.07) is 12.7. The summed E-state index contributed by atoms with van der Waals surface area (Å²) in [5, 5.41) is 5.32. The van der Waals surface area contributed by atoms with E-state index < -0.39 is 5.91 Å². The highest BCUT2D eigenvalue weighted by Crippen LogP contribution is 2.23. The van der Waals surface area contributed by atoms with Gasteiger partial charge in [-0.3, -0.25) is 4.79 Å². The molecule has 0 bridgehead atoms. The normalized spacial score (nSPS) is 10.7. The minimum absolute atomic E-state index is 0.406. The van der Waals surface area contributed by atoms with Crippen LogP contribution in [0.25, 0.3) is 16.6 Å². The van der Waals surface area contributed by atoms with Crippen LogP contribution in [0.2, 0.25) is 0 Å². The molecule has 3 rings (SSSR count). The van der Waals surface area contributed by atoms with Gasteiger partial charge in [-0.05, 0) is 24.3 Å². The highest BCUT2D eigenvalue weighted by atomic mass is 16.1. The third kappa shape index (κ3) is 1.81. The molecule has 4 N–H and O–H groups in total. The first-order valence-corrected chi connectivity index (χ1v) is 5.79. The minimum Gasteiger partial charge on any atom is -0.397 e. The lowest BCUT2D eigenvalue weighted by molar-refractivity contribution is 0.100. The van der Waals surface area contributed by atoms with E-state index in [-0.39, 0.29) is 0 Å². The molecule has 0 aliphatic carbocycles. The maximum atomic E-state index is 11.2. The number of nitrogens with two attached hydrogens (primary N) is 2. The second-order valence-electron chi connectivity index (χ2n) is 4.25. The van der Waals surface area contributed by atoms with Gasteiger partial charge in [-0.25, -0.2) is 4.68 Å². The second-order valence-corrected chi connectivity index (χ2v) is 4.25. The Morgan fingerprint density at radius 1 is 1.16 bits per heavy atom. The van der Waals surface area contributed by atoms with Gasteiger partial charge in [-0.1, -0.05) is 18.2 Å². The van der Waals surface area contributed by atoms with Crippen LogP contribution >= 0.6 is 0 Å². The second kappa shape index (κ2) is 4.13. The summed E-state index contributed by atoms with van der Waals surface area (Å²) in [6.45, 7) is 0. The molecule has 1 amide bonds. The van der Waals surface area contributed by atoms with Crippen molar-refractivity contribution in [2.24, 2.45) is 5.73 Å². The van der Waals surface area contributed by atoms with Crippen molar-refractivity contribution >= 4 is 22.5 Å². The van der Waals surface area contributed by atoms with E-state index in [1.165, 1.54) is 0 Å². The van der Waals surface area contributed by atoms with Crippen LogP contribution < -0.4 is 11.5 Å². The molecule has 0 spiro atoms. The van der Waals surface area contributed by atoms with Gasteiger partial charge in [-0.2, -0.15) is 5.10 Å². The Bertz CT molecular complexity index is 776. The number of amides is 1. The quantitative estimate of drug-likeness (QED) is 0.680. The van der Waals surface area contributed by atoms with Crippen LogP contribution in [-0.2, 0) is 0 Å². The number of nitrogens with zero attached hydrogens (tertiary/aromatic N) is 2. The number of carbonyl (C=O) groups excluding carboxylic acids is 1. The Morgan fingerprint density at radius 3 is 2.74 bits per heavy atom. The number of benzene rings is 2. The number of anilines is 1. The van der Waals surface area contributed by atoms with Crippen molar-refractivity contribution in [3.63, 3.8) is 0 Å². The summed E-state index contributed by atoms with van der Waals surface area (Å²) >= 11 is 0. The van der Waals surface area contributed by atoms with Crippen molar-refractivity contribution in [1.29, 1.82) is 0 Å². The Kier molecular flexibility index (Phi) is 2.45. The van der Waals surface area contributed by atoms with Gasteiger partial charge in [0.2, 0.25) is 5.91 Å². The van der Waals surface area contributed by atoms with Gasteiger partial charge in [0.1, 0.15) is 0 Å². The molecule has 94 valence electrons. The first-order chi connectivity index (χ1) is 9.16. The fraction of sp³-hybridized carbons (Fsp3) is 0. The fourth-order valence-corrected chi connectivity index (χ4v) is 2.04. The summed E-state index contributed by atoms with van der Waals surface area (Å²) in [5.41, 5.74) is 13.8. The molecule has 5 nitrogen and oxygen atoms in total. The monoisotopic (exact) mass is 252 g/mol. The summed E-state index contributed by atoms with van der Waals surface area (Å²) in [7, 11) is 0. The first-order valence-electron chi connectivity index (χ1n) is 5.79. The molecule has 5 heteroatoms. The van der Waals surface area contributed by atoms with Crippen LogP contribution in [0.1, 0.15) is 10.4 Å². The summed E-state index contributed by atoms with van der Waals surface area (Å²) in [4.78, 5) is 11.2. The molecular weight excluding hydrogens is 240 g/mol.